The highest BCUT2D eigenvalue weighted by Gasteiger charge is 2.08. The van der Waals surface area contributed by atoms with Crippen molar-refractivity contribution in [2.75, 3.05) is 0 Å². The molecule has 3 heteroatoms. The number of hydrogen-bond acceptors (Lipinski definition) is 2. The number of rotatable bonds is 2. The van der Waals surface area contributed by atoms with Gasteiger partial charge >= 0.3 is 0 Å². The normalized spacial score (nSPS) is 11.1. The van der Waals surface area contributed by atoms with E-state index in [2.05, 4.69) is 35.9 Å². The minimum atomic E-state index is 0.469. The fraction of sp³-hybridized carbons (Fsp3) is 0.385. The van der Waals surface area contributed by atoms with Crippen LogP contribution >= 0.6 is 0 Å². The van der Waals surface area contributed by atoms with Crippen molar-refractivity contribution < 1.29 is 0 Å². The van der Waals surface area contributed by atoms with Gasteiger partial charge in [0.2, 0.25) is 0 Å². The molecule has 2 rings (SSSR count). The first-order chi connectivity index (χ1) is 7.58. The number of nitrogens with zero attached hydrogens (tertiary/aromatic N) is 3. The van der Waals surface area contributed by atoms with Crippen molar-refractivity contribution in [3.63, 3.8) is 0 Å². The molecule has 0 saturated heterocycles. The van der Waals surface area contributed by atoms with Gasteiger partial charge in [-0.2, -0.15) is 0 Å². The van der Waals surface area contributed by atoms with Crippen LogP contribution in [0.2, 0.25) is 0 Å². The highest BCUT2D eigenvalue weighted by molar-refractivity contribution is 5.61. The van der Waals surface area contributed by atoms with Gasteiger partial charge in [-0.1, -0.05) is 13.8 Å². The minimum Gasteiger partial charge on any atom is -0.340 e. The van der Waals surface area contributed by atoms with Gasteiger partial charge in [0.25, 0.3) is 0 Å². The molecule has 2 heterocycles. The molecule has 0 fully saturated rings. The topological polar surface area (TPSA) is 30.7 Å². The van der Waals surface area contributed by atoms with Crippen LogP contribution in [0.3, 0.4) is 0 Å². The Bertz CT molecular complexity index is 498. The highest BCUT2D eigenvalue weighted by atomic mass is 15.0. The van der Waals surface area contributed by atoms with E-state index in [9.17, 15) is 0 Å². The molecule has 0 radical (unpaired) electrons. The Hall–Kier alpha value is -1.64. The number of imidazole rings is 1. The molecule has 0 aliphatic carbocycles. The molecule has 0 atom stereocenters. The van der Waals surface area contributed by atoms with Crippen LogP contribution in [0.4, 0.5) is 0 Å². The Kier molecular flexibility index (Phi) is 2.77. The third kappa shape index (κ3) is 1.98. The SMILES string of the molecule is Cc1nc(C(C)C)ccc1-c1cn(C)cn1. The summed E-state index contributed by atoms with van der Waals surface area (Å²) in [4.78, 5) is 8.95. The molecule has 0 aliphatic rings. The zero-order valence-electron chi connectivity index (χ0n) is 10.2. The zero-order chi connectivity index (χ0) is 11.7. The lowest BCUT2D eigenvalue weighted by Gasteiger charge is -2.08. The van der Waals surface area contributed by atoms with Crippen LogP contribution in [0.15, 0.2) is 24.7 Å². The number of aromatic nitrogens is 3. The van der Waals surface area contributed by atoms with Crippen molar-refractivity contribution in [2.45, 2.75) is 26.7 Å². The lowest BCUT2D eigenvalue weighted by molar-refractivity contribution is 0.816. The monoisotopic (exact) mass is 215 g/mol. The molecule has 84 valence electrons. The maximum Gasteiger partial charge on any atom is 0.0951 e. The van der Waals surface area contributed by atoms with Gasteiger partial charge in [-0.05, 0) is 25.0 Å². The van der Waals surface area contributed by atoms with Crippen LogP contribution in [0.25, 0.3) is 11.3 Å². The predicted octanol–water partition coefficient (Wildman–Crippen LogP) is 2.91. The fourth-order valence-corrected chi connectivity index (χ4v) is 1.72. The van der Waals surface area contributed by atoms with Gasteiger partial charge in [0.05, 0.1) is 12.0 Å². The maximum atomic E-state index is 4.61. The quantitative estimate of drug-likeness (QED) is 0.771. The molecule has 0 N–H and O–H groups in total. The van der Waals surface area contributed by atoms with Crippen molar-refractivity contribution in [3.8, 4) is 11.3 Å². The molecule has 0 aromatic carbocycles. The Labute approximate surface area is 96.2 Å². The molecule has 2 aromatic heterocycles. The van der Waals surface area contributed by atoms with Gasteiger partial charge in [0, 0.05) is 30.2 Å². The van der Waals surface area contributed by atoms with Crippen molar-refractivity contribution in [1.29, 1.82) is 0 Å². The Morgan fingerprint density at radius 3 is 2.50 bits per heavy atom. The smallest absolute Gasteiger partial charge is 0.0951 e. The maximum absolute atomic E-state index is 4.61. The van der Waals surface area contributed by atoms with E-state index in [1.165, 1.54) is 0 Å². The van der Waals surface area contributed by atoms with Gasteiger partial charge in [-0.25, -0.2) is 4.98 Å². The summed E-state index contributed by atoms with van der Waals surface area (Å²) >= 11 is 0. The van der Waals surface area contributed by atoms with E-state index in [1.54, 1.807) is 0 Å². The first-order valence-electron chi connectivity index (χ1n) is 5.54. The molecule has 16 heavy (non-hydrogen) atoms. The molecule has 0 saturated carbocycles. The van der Waals surface area contributed by atoms with Gasteiger partial charge in [-0.3, -0.25) is 4.98 Å². The third-order valence-corrected chi connectivity index (χ3v) is 2.68. The first kappa shape index (κ1) is 10.9. The molecule has 0 bridgehead atoms. The van der Waals surface area contributed by atoms with Crippen LogP contribution in [-0.4, -0.2) is 14.5 Å². The average Bonchev–Trinajstić information content (AvgIpc) is 2.64. The van der Waals surface area contributed by atoms with E-state index in [-0.39, 0.29) is 0 Å². The lowest BCUT2D eigenvalue weighted by Crippen LogP contribution is -1.96. The van der Waals surface area contributed by atoms with Crippen LogP contribution in [0.1, 0.15) is 31.2 Å². The first-order valence-corrected chi connectivity index (χ1v) is 5.54. The summed E-state index contributed by atoms with van der Waals surface area (Å²) in [5.74, 6) is 0.469. The van der Waals surface area contributed by atoms with Gasteiger partial charge in [0.15, 0.2) is 0 Å². The van der Waals surface area contributed by atoms with Gasteiger partial charge in [0.1, 0.15) is 0 Å². The van der Waals surface area contributed by atoms with Crippen LogP contribution in [0, 0.1) is 6.92 Å². The van der Waals surface area contributed by atoms with Crippen molar-refractivity contribution in [2.24, 2.45) is 7.05 Å². The standard InChI is InChI=1S/C13H17N3/c1-9(2)12-6-5-11(10(3)15-12)13-7-16(4)8-14-13/h5-9H,1-4H3. The Morgan fingerprint density at radius 2 is 2.00 bits per heavy atom. The lowest BCUT2D eigenvalue weighted by atomic mass is 10.1. The largest absolute Gasteiger partial charge is 0.340 e. The van der Waals surface area contributed by atoms with E-state index in [0.29, 0.717) is 5.92 Å². The minimum absolute atomic E-state index is 0.469. The van der Waals surface area contributed by atoms with E-state index >= 15 is 0 Å². The average molecular weight is 215 g/mol. The summed E-state index contributed by atoms with van der Waals surface area (Å²) in [5, 5.41) is 0. The molecule has 0 unspecified atom stereocenters. The zero-order valence-corrected chi connectivity index (χ0v) is 10.2. The Balaban J connectivity index is 2.44. The second-order valence-electron chi connectivity index (χ2n) is 4.45. The van der Waals surface area contributed by atoms with Crippen LogP contribution in [0.5, 0.6) is 0 Å². The van der Waals surface area contributed by atoms with Gasteiger partial charge in [-0.15, -0.1) is 0 Å². The molecule has 0 spiro atoms. The second kappa shape index (κ2) is 4.08. The van der Waals surface area contributed by atoms with E-state index in [0.717, 1.165) is 22.6 Å². The number of aryl methyl sites for hydroxylation is 2. The summed E-state index contributed by atoms with van der Waals surface area (Å²) in [6, 6.07) is 4.20. The molecule has 0 amide bonds. The van der Waals surface area contributed by atoms with Crippen LogP contribution in [-0.2, 0) is 7.05 Å². The molecule has 0 aliphatic heterocycles. The molecule has 2 aromatic rings. The van der Waals surface area contributed by atoms with Crippen LogP contribution < -0.4 is 0 Å². The van der Waals surface area contributed by atoms with Crippen molar-refractivity contribution >= 4 is 0 Å². The summed E-state index contributed by atoms with van der Waals surface area (Å²) < 4.78 is 1.95. The summed E-state index contributed by atoms with van der Waals surface area (Å²) in [6.45, 7) is 6.35. The highest BCUT2D eigenvalue weighted by Crippen LogP contribution is 2.22. The summed E-state index contributed by atoms with van der Waals surface area (Å²) in [5.41, 5.74) is 4.29. The molecule has 3 nitrogen and oxygen atoms in total. The van der Waals surface area contributed by atoms with E-state index in [4.69, 9.17) is 0 Å². The Morgan fingerprint density at radius 1 is 1.25 bits per heavy atom. The van der Waals surface area contributed by atoms with E-state index < -0.39 is 0 Å². The van der Waals surface area contributed by atoms with Gasteiger partial charge < -0.3 is 4.57 Å². The summed E-state index contributed by atoms with van der Waals surface area (Å²) in [7, 11) is 1.97. The van der Waals surface area contributed by atoms with Crippen molar-refractivity contribution in [1.82, 2.24) is 14.5 Å². The number of hydrogen-bond donors (Lipinski definition) is 0. The molecular formula is C13H17N3. The summed E-state index contributed by atoms with van der Waals surface area (Å²) in [6.07, 6.45) is 3.82. The second-order valence-corrected chi connectivity index (χ2v) is 4.45. The third-order valence-electron chi connectivity index (χ3n) is 2.68. The fourth-order valence-electron chi connectivity index (χ4n) is 1.72. The van der Waals surface area contributed by atoms with E-state index in [1.807, 2.05) is 31.1 Å². The molecular weight excluding hydrogens is 198 g/mol. The predicted molar refractivity (Wildman–Crippen MR) is 65.3 cm³/mol. The number of pyridine rings is 1. The van der Waals surface area contributed by atoms with Crippen molar-refractivity contribution in [3.05, 3.63) is 36.0 Å².